The molecular weight excluding hydrogens is 364 g/mol. The molecule has 1 heterocycles. The lowest BCUT2D eigenvalue weighted by atomic mass is 10.1. The van der Waals surface area contributed by atoms with Gasteiger partial charge in [0, 0.05) is 16.0 Å². The first-order valence-electron chi connectivity index (χ1n) is 4.58. The van der Waals surface area contributed by atoms with Crippen LogP contribution in [0, 0.1) is 0 Å². The highest BCUT2D eigenvalue weighted by atomic mass is 79.9. The third kappa shape index (κ3) is 3.45. The van der Waals surface area contributed by atoms with Crippen LogP contribution in [-0.2, 0) is 21.3 Å². The standard InChI is InChI=1S/C10H9Br2F2NO2/c1-17-7(16)2-5-4-15-9(10(13)14)8(12)6(5)3-11/h4,10H,2-3H2,1H3. The van der Waals surface area contributed by atoms with Gasteiger partial charge in [-0.25, -0.2) is 8.78 Å². The lowest BCUT2D eigenvalue weighted by molar-refractivity contribution is -0.139. The lowest BCUT2D eigenvalue weighted by Gasteiger charge is -2.11. The Morgan fingerprint density at radius 3 is 2.71 bits per heavy atom. The van der Waals surface area contributed by atoms with Crippen LogP contribution in [0.4, 0.5) is 8.78 Å². The highest BCUT2D eigenvalue weighted by Crippen LogP contribution is 2.31. The largest absolute Gasteiger partial charge is 0.469 e. The molecule has 0 unspecified atom stereocenters. The zero-order valence-electron chi connectivity index (χ0n) is 8.84. The first-order chi connectivity index (χ1) is 8.01. The number of aromatic nitrogens is 1. The SMILES string of the molecule is COC(=O)Cc1cnc(C(F)F)c(Br)c1CBr. The van der Waals surface area contributed by atoms with Crippen molar-refractivity contribution in [3.8, 4) is 0 Å². The molecule has 0 aliphatic carbocycles. The van der Waals surface area contributed by atoms with Crippen molar-refractivity contribution in [3.63, 3.8) is 0 Å². The van der Waals surface area contributed by atoms with E-state index in [0.717, 1.165) is 0 Å². The highest BCUT2D eigenvalue weighted by molar-refractivity contribution is 9.10. The quantitative estimate of drug-likeness (QED) is 0.600. The third-order valence-corrected chi connectivity index (χ3v) is 3.59. The van der Waals surface area contributed by atoms with Crippen molar-refractivity contribution in [3.05, 3.63) is 27.5 Å². The van der Waals surface area contributed by atoms with Gasteiger partial charge >= 0.3 is 5.97 Å². The molecule has 0 N–H and O–H groups in total. The van der Waals surface area contributed by atoms with Crippen LogP contribution in [0.5, 0.6) is 0 Å². The molecule has 0 fully saturated rings. The van der Waals surface area contributed by atoms with Gasteiger partial charge in [-0.2, -0.15) is 0 Å². The van der Waals surface area contributed by atoms with Crippen LogP contribution in [-0.4, -0.2) is 18.1 Å². The number of ether oxygens (including phenoxy) is 1. The average molecular weight is 373 g/mol. The lowest BCUT2D eigenvalue weighted by Crippen LogP contribution is -2.09. The molecule has 7 heteroatoms. The number of carbonyl (C=O) groups is 1. The Balaban J connectivity index is 3.16. The average Bonchev–Trinajstić information content (AvgIpc) is 2.28. The Labute approximate surface area is 114 Å². The predicted octanol–water partition coefficient (Wildman–Crippen LogP) is 3.39. The smallest absolute Gasteiger partial charge is 0.310 e. The van der Waals surface area contributed by atoms with Gasteiger partial charge in [0.25, 0.3) is 6.43 Å². The van der Waals surface area contributed by atoms with Gasteiger partial charge in [0.2, 0.25) is 0 Å². The van der Waals surface area contributed by atoms with Crippen molar-refractivity contribution in [2.24, 2.45) is 0 Å². The Bertz CT molecular complexity index is 427. The fraction of sp³-hybridized carbons (Fsp3) is 0.400. The Morgan fingerprint density at radius 2 is 2.24 bits per heavy atom. The second-order valence-corrected chi connectivity index (χ2v) is 4.50. The van der Waals surface area contributed by atoms with Gasteiger partial charge in [0.1, 0.15) is 5.69 Å². The minimum Gasteiger partial charge on any atom is -0.469 e. The maximum absolute atomic E-state index is 12.6. The number of methoxy groups -OCH3 is 1. The molecule has 0 saturated carbocycles. The summed E-state index contributed by atoms with van der Waals surface area (Å²) in [5.41, 5.74) is 0.818. The van der Waals surface area contributed by atoms with Gasteiger partial charge in [-0.05, 0) is 27.1 Å². The van der Waals surface area contributed by atoms with Crippen molar-refractivity contribution in [1.29, 1.82) is 0 Å². The molecule has 0 amide bonds. The van der Waals surface area contributed by atoms with E-state index in [2.05, 4.69) is 41.6 Å². The van der Waals surface area contributed by atoms with Crippen LogP contribution in [0.25, 0.3) is 0 Å². The molecule has 0 bridgehead atoms. The topological polar surface area (TPSA) is 39.2 Å². The second-order valence-electron chi connectivity index (χ2n) is 3.15. The number of alkyl halides is 3. The maximum Gasteiger partial charge on any atom is 0.310 e. The molecule has 0 aliphatic heterocycles. The highest BCUT2D eigenvalue weighted by Gasteiger charge is 2.19. The van der Waals surface area contributed by atoms with E-state index in [1.807, 2.05) is 0 Å². The molecule has 0 saturated heterocycles. The minimum absolute atomic E-state index is 0.00650. The van der Waals surface area contributed by atoms with Crippen LogP contribution >= 0.6 is 31.9 Å². The van der Waals surface area contributed by atoms with Gasteiger partial charge in [-0.1, -0.05) is 15.9 Å². The fourth-order valence-electron chi connectivity index (χ4n) is 1.25. The summed E-state index contributed by atoms with van der Waals surface area (Å²) in [6.07, 6.45) is -1.37. The third-order valence-electron chi connectivity index (χ3n) is 2.14. The van der Waals surface area contributed by atoms with Crippen molar-refractivity contribution < 1.29 is 18.3 Å². The van der Waals surface area contributed by atoms with Crippen LogP contribution < -0.4 is 0 Å². The summed E-state index contributed by atoms with van der Waals surface area (Å²) < 4.78 is 30.0. The van der Waals surface area contributed by atoms with Crippen LogP contribution in [0.2, 0.25) is 0 Å². The summed E-state index contributed by atoms with van der Waals surface area (Å²) in [7, 11) is 1.27. The summed E-state index contributed by atoms with van der Waals surface area (Å²) in [6.45, 7) is 0. The van der Waals surface area contributed by atoms with E-state index >= 15 is 0 Å². The number of esters is 1. The first-order valence-corrected chi connectivity index (χ1v) is 6.49. The number of pyridine rings is 1. The zero-order chi connectivity index (χ0) is 13.0. The molecule has 0 atom stereocenters. The molecule has 0 spiro atoms. The second kappa shape index (κ2) is 6.39. The summed E-state index contributed by atoms with van der Waals surface area (Å²) in [4.78, 5) is 14.8. The molecular formula is C10H9Br2F2NO2. The van der Waals surface area contributed by atoms with Crippen LogP contribution in [0.1, 0.15) is 23.2 Å². The van der Waals surface area contributed by atoms with Crippen molar-refractivity contribution in [1.82, 2.24) is 4.98 Å². The first kappa shape index (κ1) is 14.5. The Morgan fingerprint density at radius 1 is 1.59 bits per heavy atom. The van der Waals surface area contributed by atoms with E-state index in [1.165, 1.54) is 13.3 Å². The summed E-state index contributed by atoms with van der Waals surface area (Å²) >= 11 is 6.28. The predicted molar refractivity (Wildman–Crippen MR) is 65.2 cm³/mol. The summed E-state index contributed by atoms with van der Waals surface area (Å²) in [6, 6.07) is 0. The number of rotatable bonds is 4. The normalized spacial score (nSPS) is 10.7. The van der Waals surface area contributed by atoms with E-state index in [9.17, 15) is 13.6 Å². The summed E-state index contributed by atoms with van der Waals surface area (Å²) in [5, 5.41) is 0.349. The molecule has 94 valence electrons. The van der Waals surface area contributed by atoms with E-state index in [-0.39, 0.29) is 16.6 Å². The number of hydrogen-bond donors (Lipinski definition) is 0. The van der Waals surface area contributed by atoms with Gasteiger partial charge in [-0.3, -0.25) is 9.78 Å². The molecule has 0 aromatic carbocycles. The minimum atomic E-state index is -2.66. The van der Waals surface area contributed by atoms with Gasteiger partial charge < -0.3 is 4.74 Å². The summed E-state index contributed by atoms with van der Waals surface area (Å²) in [5.74, 6) is -0.439. The van der Waals surface area contributed by atoms with E-state index in [1.54, 1.807) is 0 Å². The zero-order valence-corrected chi connectivity index (χ0v) is 12.0. The molecule has 3 nitrogen and oxygen atoms in total. The van der Waals surface area contributed by atoms with E-state index in [0.29, 0.717) is 16.5 Å². The molecule has 1 aromatic rings. The maximum atomic E-state index is 12.6. The van der Waals surface area contributed by atoms with Gasteiger partial charge in [-0.15, -0.1) is 0 Å². The monoisotopic (exact) mass is 371 g/mol. The van der Waals surface area contributed by atoms with E-state index in [4.69, 9.17) is 0 Å². The van der Waals surface area contributed by atoms with Gasteiger partial charge in [0.15, 0.2) is 0 Å². The fourth-order valence-corrected chi connectivity index (χ4v) is 2.94. The molecule has 0 radical (unpaired) electrons. The van der Waals surface area contributed by atoms with Gasteiger partial charge in [0.05, 0.1) is 13.5 Å². The van der Waals surface area contributed by atoms with E-state index < -0.39 is 12.4 Å². The molecule has 1 aromatic heterocycles. The molecule has 1 rings (SSSR count). The van der Waals surface area contributed by atoms with Crippen LogP contribution in [0.15, 0.2) is 10.7 Å². The Hall–Kier alpha value is -0.560. The van der Waals surface area contributed by atoms with Crippen molar-refractivity contribution >= 4 is 37.8 Å². The van der Waals surface area contributed by atoms with Crippen molar-refractivity contribution in [2.45, 2.75) is 18.2 Å². The number of halogens is 4. The Kier molecular flexibility index (Phi) is 5.45. The number of hydrogen-bond acceptors (Lipinski definition) is 3. The van der Waals surface area contributed by atoms with Crippen LogP contribution in [0.3, 0.4) is 0 Å². The molecule has 0 aliphatic rings. The number of carbonyl (C=O) groups excluding carboxylic acids is 1. The number of nitrogens with zero attached hydrogens (tertiary/aromatic N) is 1. The van der Waals surface area contributed by atoms with Crippen molar-refractivity contribution in [2.75, 3.05) is 7.11 Å². The molecule has 17 heavy (non-hydrogen) atoms.